The van der Waals surface area contributed by atoms with Gasteiger partial charge in [-0.25, -0.2) is 4.98 Å². The van der Waals surface area contributed by atoms with Gasteiger partial charge >= 0.3 is 6.18 Å². The van der Waals surface area contributed by atoms with Crippen LogP contribution in [0, 0.1) is 0 Å². The fraction of sp³-hybridized carbons (Fsp3) is 0.115. The van der Waals surface area contributed by atoms with E-state index in [9.17, 15) is 18.0 Å². The summed E-state index contributed by atoms with van der Waals surface area (Å²) in [5.74, 6) is 0.730. The second kappa shape index (κ2) is 10.1. The number of nitrogens with zero attached hydrogens (tertiary/aromatic N) is 2. The van der Waals surface area contributed by atoms with Gasteiger partial charge in [0.25, 0.3) is 0 Å². The standard InChI is InChI=1S/C26H19ClF3N3O2/c27-23-7-6-17(12-22(23)26(28,29)30)10-20(34)9-16-3-1-5-21(11-16)35-24-13-19(15-33-25(24)31)18-4-2-8-32-14-18/h1-8,11-15H,9-10H2,(H2,31,33). The Morgan fingerprint density at radius 3 is 2.43 bits per heavy atom. The molecular formula is C26H19ClF3N3O2. The van der Waals surface area contributed by atoms with Crippen LogP contribution in [0.25, 0.3) is 11.1 Å². The number of anilines is 1. The molecule has 2 aromatic carbocycles. The normalized spacial score (nSPS) is 11.3. The van der Waals surface area contributed by atoms with Crippen LogP contribution in [0.15, 0.2) is 79.3 Å². The number of ketones is 1. The highest BCUT2D eigenvalue weighted by Gasteiger charge is 2.33. The van der Waals surface area contributed by atoms with Crippen molar-refractivity contribution < 1.29 is 22.7 Å². The lowest BCUT2D eigenvalue weighted by atomic mass is 10.0. The Balaban J connectivity index is 1.47. The third-order valence-electron chi connectivity index (χ3n) is 5.14. The van der Waals surface area contributed by atoms with Crippen LogP contribution in [0.5, 0.6) is 11.5 Å². The largest absolute Gasteiger partial charge is 0.453 e. The number of Topliss-reactive ketones (excluding diaryl/α,β-unsaturated/α-hetero) is 1. The molecule has 5 nitrogen and oxygen atoms in total. The van der Waals surface area contributed by atoms with Crippen molar-refractivity contribution in [2.75, 3.05) is 5.73 Å². The molecule has 4 aromatic rings. The number of benzene rings is 2. The van der Waals surface area contributed by atoms with Crippen molar-refractivity contribution in [3.8, 4) is 22.6 Å². The lowest BCUT2D eigenvalue weighted by molar-refractivity contribution is -0.137. The van der Waals surface area contributed by atoms with Gasteiger partial charge in [0.15, 0.2) is 11.6 Å². The van der Waals surface area contributed by atoms with E-state index in [0.717, 1.165) is 23.3 Å². The molecule has 0 radical (unpaired) electrons. The second-order valence-corrected chi connectivity index (χ2v) is 8.21. The predicted molar refractivity (Wildman–Crippen MR) is 127 cm³/mol. The predicted octanol–water partition coefficient (Wildman–Crippen LogP) is 6.54. The van der Waals surface area contributed by atoms with E-state index in [2.05, 4.69) is 9.97 Å². The second-order valence-electron chi connectivity index (χ2n) is 7.80. The third kappa shape index (κ3) is 6.16. The van der Waals surface area contributed by atoms with Gasteiger partial charge < -0.3 is 10.5 Å². The molecule has 0 bridgehead atoms. The van der Waals surface area contributed by atoms with E-state index < -0.39 is 16.8 Å². The zero-order valence-electron chi connectivity index (χ0n) is 18.2. The molecule has 178 valence electrons. The molecule has 0 unspecified atom stereocenters. The minimum Gasteiger partial charge on any atom is -0.453 e. The van der Waals surface area contributed by atoms with Gasteiger partial charge in [0, 0.05) is 42.6 Å². The van der Waals surface area contributed by atoms with Gasteiger partial charge in [-0.3, -0.25) is 9.78 Å². The van der Waals surface area contributed by atoms with Crippen molar-refractivity contribution in [1.29, 1.82) is 0 Å². The van der Waals surface area contributed by atoms with Crippen LogP contribution in [-0.2, 0) is 23.8 Å². The molecule has 0 spiro atoms. The Kier molecular flexibility index (Phi) is 7.02. The molecule has 0 aliphatic rings. The summed E-state index contributed by atoms with van der Waals surface area (Å²) in [6.07, 6.45) is 0.254. The highest BCUT2D eigenvalue weighted by Crippen LogP contribution is 2.35. The number of aromatic nitrogens is 2. The van der Waals surface area contributed by atoms with Gasteiger partial charge in [0.1, 0.15) is 11.5 Å². The van der Waals surface area contributed by atoms with E-state index in [0.29, 0.717) is 17.1 Å². The summed E-state index contributed by atoms with van der Waals surface area (Å²) in [6.45, 7) is 0. The maximum Gasteiger partial charge on any atom is 0.417 e. The molecule has 0 atom stereocenters. The molecule has 0 saturated heterocycles. The van der Waals surface area contributed by atoms with E-state index in [1.54, 1.807) is 55.0 Å². The molecule has 0 amide bonds. The van der Waals surface area contributed by atoms with Crippen LogP contribution in [0.2, 0.25) is 5.02 Å². The molecule has 4 rings (SSSR count). The Bertz CT molecular complexity index is 1360. The number of hydrogen-bond acceptors (Lipinski definition) is 5. The number of carbonyl (C=O) groups excluding carboxylic acids is 1. The van der Waals surface area contributed by atoms with Gasteiger partial charge in [0.05, 0.1) is 10.6 Å². The molecule has 0 saturated carbocycles. The summed E-state index contributed by atoms with van der Waals surface area (Å²) >= 11 is 5.65. The van der Waals surface area contributed by atoms with Crippen molar-refractivity contribution in [3.63, 3.8) is 0 Å². The third-order valence-corrected chi connectivity index (χ3v) is 5.47. The Labute approximate surface area is 204 Å². The number of hydrogen-bond donors (Lipinski definition) is 1. The van der Waals surface area contributed by atoms with E-state index in [4.69, 9.17) is 22.1 Å². The first-order chi connectivity index (χ1) is 16.7. The van der Waals surface area contributed by atoms with Gasteiger partial charge in [-0.05, 0) is 47.5 Å². The van der Waals surface area contributed by atoms with Crippen molar-refractivity contribution in [2.45, 2.75) is 19.0 Å². The highest BCUT2D eigenvalue weighted by atomic mass is 35.5. The zero-order valence-corrected chi connectivity index (χ0v) is 19.0. The number of rotatable bonds is 7. The number of nitrogens with two attached hydrogens (primary N) is 1. The molecule has 0 aliphatic carbocycles. The number of nitrogen functional groups attached to an aromatic ring is 1. The first-order valence-electron chi connectivity index (χ1n) is 10.5. The fourth-order valence-electron chi connectivity index (χ4n) is 3.49. The summed E-state index contributed by atoms with van der Waals surface area (Å²) in [6, 6.07) is 15.8. The highest BCUT2D eigenvalue weighted by molar-refractivity contribution is 6.31. The SMILES string of the molecule is Nc1ncc(-c2cccnc2)cc1Oc1cccc(CC(=O)Cc2ccc(Cl)c(C(F)(F)F)c2)c1. The minimum atomic E-state index is -4.59. The number of alkyl halides is 3. The smallest absolute Gasteiger partial charge is 0.417 e. The Hall–Kier alpha value is -3.91. The van der Waals surface area contributed by atoms with Crippen molar-refractivity contribution in [3.05, 3.63) is 101 Å². The van der Waals surface area contributed by atoms with Gasteiger partial charge in [0.2, 0.25) is 0 Å². The monoisotopic (exact) mass is 497 g/mol. The molecule has 2 N–H and O–H groups in total. The minimum absolute atomic E-state index is 0.0185. The fourth-order valence-corrected chi connectivity index (χ4v) is 3.72. The quantitative estimate of drug-likeness (QED) is 0.313. The van der Waals surface area contributed by atoms with Crippen LogP contribution in [-0.4, -0.2) is 15.8 Å². The van der Waals surface area contributed by atoms with Gasteiger partial charge in [-0.15, -0.1) is 0 Å². The van der Waals surface area contributed by atoms with E-state index in [1.807, 2.05) is 6.07 Å². The van der Waals surface area contributed by atoms with Crippen molar-refractivity contribution >= 4 is 23.2 Å². The summed E-state index contributed by atoms with van der Waals surface area (Å²) in [4.78, 5) is 20.8. The van der Waals surface area contributed by atoms with Crippen LogP contribution >= 0.6 is 11.6 Å². The lowest BCUT2D eigenvalue weighted by Gasteiger charge is -2.12. The topological polar surface area (TPSA) is 78.1 Å². The van der Waals surface area contributed by atoms with Crippen LogP contribution < -0.4 is 10.5 Å². The van der Waals surface area contributed by atoms with E-state index in [1.165, 1.54) is 6.07 Å². The Morgan fingerprint density at radius 2 is 1.71 bits per heavy atom. The zero-order chi connectivity index (χ0) is 25.0. The van der Waals surface area contributed by atoms with Crippen LogP contribution in [0.1, 0.15) is 16.7 Å². The molecule has 0 aliphatic heterocycles. The summed E-state index contributed by atoms with van der Waals surface area (Å²) < 4.78 is 45.2. The number of ether oxygens (including phenoxy) is 1. The van der Waals surface area contributed by atoms with E-state index in [-0.39, 0.29) is 30.0 Å². The Morgan fingerprint density at radius 1 is 0.943 bits per heavy atom. The summed E-state index contributed by atoms with van der Waals surface area (Å²) in [5.41, 5.74) is 7.53. The average Bonchev–Trinajstić information content (AvgIpc) is 2.82. The molecule has 9 heteroatoms. The average molecular weight is 498 g/mol. The van der Waals surface area contributed by atoms with Gasteiger partial charge in [-0.1, -0.05) is 35.9 Å². The molecule has 2 aromatic heterocycles. The first kappa shape index (κ1) is 24.2. The molecular weight excluding hydrogens is 479 g/mol. The maximum absolute atomic E-state index is 13.1. The summed E-state index contributed by atoms with van der Waals surface area (Å²) in [5, 5.41) is -0.403. The first-order valence-corrected chi connectivity index (χ1v) is 10.9. The summed E-state index contributed by atoms with van der Waals surface area (Å²) in [7, 11) is 0. The van der Waals surface area contributed by atoms with Crippen LogP contribution in [0.3, 0.4) is 0 Å². The molecule has 0 fully saturated rings. The molecule has 2 heterocycles. The van der Waals surface area contributed by atoms with Crippen molar-refractivity contribution in [2.24, 2.45) is 0 Å². The lowest BCUT2D eigenvalue weighted by Crippen LogP contribution is -2.10. The number of pyridine rings is 2. The molecule has 35 heavy (non-hydrogen) atoms. The van der Waals surface area contributed by atoms with E-state index >= 15 is 0 Å². The maximum atomic E-state index is 13.1. The van der Waals surface area contributed by atoms with Crippen molar-refractivity contribution in [1.82, 2.24) is 9.97 Å². The number of carbonyl (C=O) groups is 1. The number of halogens is 4. The van der Waals surface area contributed by atoms with Crippen LogP contribution in [0.4, 0.5) is 19.0 Å². The van der Waals surface area contributed by atoms with Gasteiger partial charge in [-0.2, -0.15) is 13.2 Å².